The van der Waals surface area contributed by atoms with Crippen molar-refractivity contribution in [3.8, 4) is 22.6 Å². The molecule has 0 saturated carbocycles. The number of amides is 1. The number of aromatic nitrogens is 1. The largest absolute Gasteiger partial charge is 0.454 e. The third-order valence-electron chi connectivity index (χ3n) is 5.35. The summed E-state index contributed by atoms with van der Waals surface area (Å²) in [7, 11) is 3.23. The van der Waals surface area contributed by atoms with Gasteiger partial charge in [0.15, 0.2) is 11.6 Å². The molecule has 166 valence electrons. The maximum Gasteiger partial charge on any atom is 0.258 e. The highest BCUT2D eigenvalue weighted by Crippen LogP contribution is 2.39. The first-order valence-electron chi connectivity index (χ1n) is 10.1. The Morgan fingerprint density at radius 3 is 2.39 bits per heavy atom. The number of benzene rings is 3. The smallest absolute Gasteiger partial charge is 0.258 e. The number of carbonyl (C=O) groups excluding carboxylic acids is 1. The Bertz CT molecular complexity index is 1460. The molecule has 4 aromatic rings. The van der Waals surface area contributed by atoms with Gasteiger partial charge in [0.1, 0.15) is 11.6 Å². The molecule has 3 aromatic carbocycles. The Balaban J connectivity index is 1.97. The highest BCUT2D eigenvalue weighted by Gasteiger charge is 2.18. The van der Waals surface area contributed by atoms with Crippen LogP contribution in [-0.4, -0.2) is 17.5 Å². The number of fused-ring (bicyclic) bond motifs is 1. The number of rotatable bonds is 5. The number of hydrogen-bond acceptors (Lipinski definition) is 3. The summed E-state index contributed by atoms with van der Waals surface area (Å²) in [6.07, 6.45) is 2.85. The van der Waals surface area contributed by atoms with E-state index in [9.17, 15) is 18.4 Å². The highest BCUT2D eigenvalue weighted by molar-refractivity contribution is 6.02. The minimum atomic E-state index is -0.853. The zero-order chi connectivity index (χ0) is 23.7. The fourth-order valence-electron chi connectivity index (χ4n) is 3.60. The summed E-state index contributed by atoms with van der Waals surface area (Å²) < 4.78 is 35.0. The number of aryl methyl sites for hydroxylation is 1. The van der Waals surface area contributed by atoms with Crippen LogP contribution in [0.2, 0.25) is 0 Å². The number of halogens is 2. The Hall–Kier alpha value is -4.26. The zero-order valence-corrected chi connectivity index (χ0v) is 18.0. The molecule has 0 bridgehead atoms. The summed E-state index contributed by atoms with van der Waals surface area (Å²) in [5.41, 5.74) is 1.54. The fourth-order valence-corrected chi connectivity index (χ4v) is 3.60. The first kappa shape index (κ1) is 22.0. The van der Waals surface area contributed by atoms with Crippen molar-refractivity contribution in [2.24, 2.45) is 7.05 Å². The molecule has 1 amide bonds. The van der Waals surface area contributed by atoms with Crippen LogP contribution in [0.15, 0.2) is 84.3 Å². The van der Waals surface area contributed by atoms with Gasteiger partial charge in [0, 0.05) is 48.6 Å². The Morgan fingerprint density at radius 2 is 1.70 bits per heavy atom. The molecule has 5 nitrogen and oxygen atoms in total. The van der Waals surface area contributed by atoms with E-state index in [4.69, 9.17) is 4.74 Å². The first-order valence-corrected chi connectivity index (χ1v) is 10.1. The molecule has 33 heavy (non-hydrogen) atoms. The molecular weight excluding hydrogens is 426 g/mol. The van der Waals surface area contributed by atoms with Gasteiger partial charge in [-0.1, -0.05) is 24.8 Å². The van der Waals surface area contributed by atoms with Crippen molar-refractivity contribution in [2.75, 3.05) is 11.9 Å². The van der Waals surface area contributed by atoms with E-state index in [0.29, 0.717) is 27.6 Å². The zero-order valence-electron chi connectivity index (χ0n) is 18.0. The second kappa shape index (κ2) is 8.70. The van der Waals surface area contributed by atoms with Crippen LogP contribution >= 0.6 is 0 Å². The summed E-state index contributed by atoms with van der Waals surface area (Å²) in [5.74, 6) is -1.77. The van der Waals surface area contributed by atoms with Gasteiger partial charge in [-0.15, -0.1) is 0 Å². The molecule has 0 radical (unpaired) electrons. The maximum atomic E-state index is 14.3. The minimum Gasteiger partial charge on any atom is -0.454 e. The van der Waals surface area contributed by atoms with E-state index >= 15 is 0 Å². The van der Waals surface area contributed by atoms with Crippen LogP contribution in [0.3, 0.4) is 0 Å². The molecule has 0 saturated heterocycles. The van der Waals surface area contributed by atoms with E-state index in [1.165, 1.54) is 21.6 Å². The van der Waals surface area contributed by atoms with Gasteiger partial charge in [0.05, 0.1) is 0 Å². The molecule has 0 atom stereocenters. The number of carbonyl (C=O) groups is 1. The van der Waals surface area contributed by atoms with Gasteiger partial charge in [0.2, 0.25) is 5.91 Å². The molecule has 0 spiro atoms. The van der Waals surface area contributed by atoms with Gasteiger partial charge < -0.3 is 14.2 Å². The lowest BCUT2D eigenvalue weighted by molar-refractivity contribution is -0.113. The minimum absolute atomic E-state index is 0.157. The van der Waals surface area contributed by atoms with Crippen LogP contribution in [0.1, 0.15) is 0 Å². The molecule has 1 heterocycles. The topological polar surface area (TPSA) is 51.5 Å². The number of hydrogen-bond donors (Lipinski definition) is 0. The van der Waals surface area contributed by atoms with Gasteiger partial charge in [-0.25, -0.2) is 8.78 Å². The van der Waals surface area contributed by atoms with Crippen molar-refractivity contribution < 1.29 is 18.3 Å². The number of nitrogens with zero attached hydrogens (tertiary/aromatic N) is 2. The molecule has 0 unspecified atom stereocenters. The lowest BCUT2D eigenvalue weighted by Crippen LogP contribution is -2.23. The molecule has 1 aromatic heterocycles. The number of pyridine rings is 1. The molecule has 0 fully saturated rings. The first-order chi connectivity index (χ1) is 15.8. The Labute approximate surface area is 188 Å². The van der Waals surface area contributed by atoms with Crippen molar-refractivity contribution in [3.05, 3.63) is 102 Å². The molecule has 7 heteroatoms. The summed E-state index contributed by atoms with van der Waals surface area (Å²) in [6.45, 7) is 3.51. The monoisotopic (exact) mass is 446 g/mol. The molecule has 0 aliphatic heterocycles. The summed E-state index contributed by atoms with van der Waals surface area (Å²) in [6, 6.07) is 15.1. The third-order valence-corrected chi connectivity index (χ3v) is 5.35. The molecule has 0 aliphatic carbocycles. The van der Waals surface area contributed by atoms with Crippen molar-refractivity contribution in [3.63, 3.8) is 0 Å². The van der Waals surface area contributed by atoms with E-state index in [2.05, 4.69) is 6.58 Å². The Morgan fingerprint density at radius 1 is 1.00 bits per heavy atom. The SMILES string of the molecule is C=CC(=O)N(C)c1ccc(Oc2ccc(F)cc2F)c(-c2cn(C)c(=O)c3ccccc23)c1. The average Bonchev–Trinajstić information content (AvgIpc) is 2.82. The number of ether oxygens (including phenoxy) is 1. The van der Waals surface area contributed by atoms with Crippen LogP contribution < -0.4 is 15.2 Å². The molecular formula is C26H20F2N2O3. The van der Waals surface area contributed by atoms with Gasteiger partial charge >= 0.3 is 0 Å². The number of likely N-dealkylation sites (N-methyl/N-ethyl adjacent to an activating group) is 1. The summed E-state index contributed by atoms with van der Waals surface area (Å²) >= 11 is 0. The second-order valence-electron chi connectivity index (χ2n) is 7.46. The van der Waals surface area contributed by atoms with E-state index in [1.807, 2.05) is 6.07 Å². The van der Waals surface area contributed by atoms with Crippen molar-refractivity contribution in [2.45, 2.75) is 0 Å². The van der Waals surface area contributed by atoms with Crippen molar-refractivity contribution >= 4 is 22.4 Å². The summed E-state index contributed by atoms with van der Waals surface area (Å²) in [4.78, 5) is 26.2. The van der Waals surface area contributed by atoms with Crippen LogP contribution in [0.4, 0.5) is 14.5 Å². The number of anilines is 1. The van der Waals surface area contributed by atoms with Crippen LogP contribution in [-0.2, 0) is 11.8 Å². The van der Waals surface area contributed by atoms with Crippen LogP contribution in [0.5, 0.6) is 11.5 Å². The Kier molecular flexibility index (Phi) is 5.79. The van der Waals surface area contributed by atoms with E-state index < -0.39 is 11.6 Å². The lowest BCUT2D eigenvalue weighted by atomic mass is 9.99. The fraction of sp³-hybridized carbons (Fsp3) is 0.0769. The molecule has 0 aliphatic rings. The second-order valence-corrected chi connectivity index (χ2v) is 7.46. The standard InChI is InChI=1S/C26H20F2N2O3/c1-4-25(31)30(3)17-10-12-23(33-24-11-9-16(27)13-22(24)28)20(14-17)21-15-29(2)26(32)19-8-6-5-7-18(19)21/h4-15H,1H2,2-3H3. The van der Waals surface area contributed by atoms with Crippen LogP contribution in [0.25, 0.3) is 21.9 Å². The highest BCUT2D eigenvalue weighted by atomic mass is 19.1. The average molecular weight is 446 g/mol. The van der Waals surface area contributed by atoms with E-state index in [1.54, 1.807) is 56.7 Å². The van der Waals surface area contributed by atoms with E-state index in [0.717, 1.165) is 12.1 Å². The lowest BCUT2D eigenvalue weighted by Gasteiger charge is -2.20. The summed E-state index contributed by atoms with van der Waals surface area (Å²) in [5, 5.41) is 1.16. The maximum absolute atomic E-state index is 14.3. The van der Waals surface area contributed by atoms with Crippen molar-refractivity contribution in [1.82, 2.24) is 4.57 Å². The molecule has 4 rings (SSSR count). The van der Waals surface area contributed by atoms with Gasteiger partial charge in [-0.2, -0.15) is 0 Å². The van der Waals surface area contributed by atoms with Gasteiger partial charge in [-0.3, -0.25) is 9.59 Å². The predicted molar refractivity (Wildman–Crippen MR) is 125 cm³/mol. The van der Waals surface area contributed by atoms with E-state index in [-0.39, 0.29) is 23.0 Å². The van der Waals surface area contributed by atoms with Crippen LogP contribution in [0, 0.1) is 11.6 Å². The van der Waals surface area contributed by atoms with Gasteiger partial charge in [-0.05, 0) is 47.9 Å². The quantitative estimate of drug-likeness (QED) is 0.385. The van der Waals surface area contributed by atoms with Crippen molar-refractivity contribution in [1.29, 1.82) is 0 Å². The molecule has 0 N–H and O–H groups in total. The normalized spacial score (nSPS) is 10.8. The third kappa shape index (κ3) is 4.13. The van der Waals surface area contributed by atoms with Gasteiger partial charge in [0.25, 0.3) is 5.56 Å². The predicted octanol–water partition coefficient (Wildman–Crippen LogP) is 5.42.